The molecule has 1 heterocycles. The number of anilines is 2. The van der Waals surface area contributed by atoms with Crippen molar-refractivity contribution in [2.75, 3.05) is 17.7 Å². The second kappa shape index (κ2) is 4.66. The lowest BCUT2D eigenvalue weighted by atomic mass is 10.2. The Morgan fingerprint density at radius 2 is 1.81 bits per heavy atom. The van der Waals surface area contributed by atoms with Crippen LogP contribution in [-0.4, -0.2) is 12.0 Å². The highest BCUT2D eigenvalue weighted by molar-refractivity contribution is 5.44. The van der Waals surface area contributed by atoms with Gasteiger partial charge in [-0.2, -0.15) is 0 Å². The first kappa shape index (κ1) is 10.5. The van der Waals surface area contributed by atoms with Crippen LogP contribution in [0.5, 0.6) is 0 Å². The monoisotopic (exact) mass is 213 g/mol. The van der Waals surface area contributed by atoms with Crippen molar-refractivity contribution in [1.82, 2.24) is 4.98 Å². The first-order valence-electron chi connectivity index (χ1n) is 5.23. The molecular weight excluding hydrogens is 198 g/mol. The number of nitrogens with zero attached hydrogens (tertiary/aromatic N) is 2. The lowest BCUT2D eigenvalue weighted by Gasteiger charge is -2.18. The molecule has 0 aliphatic heterocycles. The topological polar surface area (TPSA) is 42.1 Å². The Hall–Kier alpha value is -2.03. The molecule has 0 amide bonds. The van der Waals surface area contributed by atoms with Gasteiger partial charge in [-0.25, -0.2) is 4.98 Å². The van der Waals surface area contributed by atoms with Gasteiger partial charge in [-0.1, -0.05) is 36.4 Å². The van der Waals surface area contributed by atoms with Crippen molar-refractivity contribution in [3.8, 4) is 0 Å². The van der Waals surface area contributed by atoms with Crippen molar-refractivity contribution in [2.45, 2.75) is 6.54 Å². The van der Waals surface area contributed by atoms with E-state index in [0.29, 0.717) is 5.82 Å². The number of hydrogen-bond acceptors (Lipinski definition) is 3. The Labute approximate surface area is 95.5 Å². The molecule has 0 bridgehead atoms. The summed E-state index contributed by atoms with van der Waals surface area (Å²) in [5, 5.41) is 0. The molecule has 3 nitrogen and oxygen atoms in total. The van der Waals surface area contributed by atoms with E-state index in [9.17, 15) is 0 Å². The number of nitrogen functional groups attached to an aromatic ring is 1. The van der Waals surface area contributed by atoms with Crippen LogP contribution in [0.3, 0.4) is 0 Å². The molecule has 16 heavy (non-hydrogen) atoms. The van der Waals surface area contributed by atoms with Crippen molar-refractivity contribution in [3.05, 3.63) is 54.1 Å². The summed E-state index contributed by atoms with van der Waals surface area (Å²) in [5.74, 6) is 1.45. The first-order valence-corrected chi connectivity index (χ1v) is 5.23. The zero-order valence-electron chi connectivity index (χ0n) is 9.30. The molecule has 82 valence electrons. The Kier molecular flexibility index (Phi) is 3.05. The van der Waals surface area contributed by atoms with Crippen molar-refractivity contribution in [1.29, 1.82) is 0 Å². The third-order valence-electron chi connectivity index (χ3n) is 2.41. The summed E-state index contributed by atoms with van der Waals surface area (Å²) in [4.78, 5) is 6.35. The van der Waals surface area contributed by atoms with Crippen LogP contribution >= 0.6 is 0 Å². The smallest absolute Gasteiger partial charge is 0.130 e. The van der Waals surface area contributed by atoms with Gasteiger partial charge in [0.25, 0.3) is 0 Å². The second-order valence-corrected chi connectivity index (χ2v) is 3.76. The van der Waals surface area contributed by atoms with Crippen LogP contribution in [0.2, 0.25) is 0 Å². The van der Waals surface area contributed by atoms with E-state index in [-0.39, 0.29) is 0 Å². The minimum absolute atomic E-state index is 0.553. The molecule has 0 saturated heterocycles. The van der Waals surface area contributed by atoms with E-state index in [0.717, 1.165) is 12.4 Å². The third kappa shape index (κ3) is 2.51. The summed E-state index contributed by atoms with van der Waals surface area (Å²) in [6.45, 7) is 0.831. The predicted molar refractivity (Wildman–Crippen MR) is 67.2 cm³/mol. The largest absolute Gasteiger partial charge is 0.384 e. The maximum absolute atomic E-state index is 5.65. The number of rotatable bonds is 3. The number of hydrogen-bond donors (Lipinski definition) is 1. The van der Waals surface area contributed by atoms with Crippen LogP contribution in [0.1, 0.15) is 5.56 Å². The van der Waals surface area contributed by atoms with Gasteiger partial charge in [0, 0.05) is 13.6 Å². The number of nitrogens with two attached hydrogens (primary N) is 1. The Morgan fingerprint density at radius 1 is 1.06 bits per heavy atom. The summed E-state index contributed by atoms with van der Waals surface area (Å²) < 4.78 is 0. The summed E-state index contributed by atoms with van der Waals surface area (Å²) in [7, 11) is 2.01. The molecule has 0 spiro atoms. The van der Waals surface area contributed by atoms with E-state index in [2.05, 4.69) is 22.0 Å². The van der Waals surface area contributed by atoms with Crippen molar-refractivity contribution in [3.63, 3.8) is 0 Å². The Bertz CT molecular complexity index is 454. The van der Waals surface area contributed by atoms with Crippen LogP contribution in [0.15, 0.2) is 48.5 Å². The molecule has 1 aromatic carbocycles. The van der Waals surface area contributed by atoms with Gasteiger partial charge in [0.1, 0.15) is 11.6 Å². The fraction of sp³-hybridized carbons (Fsp3) is 0.154. The molecule has 2 N–H and O–H groups in total. The Balaban J connectivity index is 2.12. The maximum Gasteiger partial charge on any atom is 0.130 e. The molecular formula is C13H15N3. The van der Waals surface area contributed by atoms with Gasteiger partial charge in [-0.3, -0.25) is 0 Å². The standard InChI is InChI=1S/C13H15N3/c1-16(10-11-6-3-2-4-7-11)13-9-5-8-12(14)15-13/h2-9H,10H2,1H3,(H2,14,15). The fourth-order valence-electron chi connectivity index (χ4n) is 1.59. The van der Waals surface area contributed by atoms with E-state index in [4.69, 9.17) is 5.73 Å². The molecule has 3 heteroatoms. The maximum atomic E-state index is 5.65. The molecule has 0 atom stereocenters. The van der Waals surface area contributed by atoms with Gasteiger partial charge < -0.3 is 10.6 Å². The highest BCUT2D eigenvalue weighted by Gasteiger charge is 2.02. The number of pyridine rings is 1. The zero-order chi connectivity index (χ0) is 11.4. The molecule has 2 rings (SSSR count). The van der Waals surface area contributed by atoms with Crippen LogP contribution in [0.25, 0.3) is 0 Å². The second-order valence-electron chi connectivity index (χ2n) is 3.76. The average molecular weight is 213 g/mol. The van der Waals surface area contributed by atoms with E-state index in [1.165, 1.54) is 5.56 Å². The minimum Gasteiger partial charge on any atom is -0.384 e. The van der Waals surface area contributed by atoms with Crippen molar-refractivity contribution >= 4 is 11.6 Å². The lowest BCUT2D eigenvalue weighted by molar-refractivity contribution is 0.899. The first-order chi connectivity index (χ1) is 7.75. The van der Waals surface area contributed by atoms with Crippen LogP contribution in [-0.2, 0) is 6.54 Å². The average Bonchev–Trinajstić information content (AvgIpc) is 2.30. The number of benzene rings is 1. The fourth-order valence-corrected chi connectivity index (χ4v) is 1.59. The Morgan fingerprint density at radius 3 is 2.50 bits per heavy atom. The van der Waals surface area contributed by atoms with E-state index in [1.54, 1.807) is 6.07 Å². The van der Waals surface area contributed by atoms with Gasteiger partial charge in [-0.15, -0.1) is 0 Å². The quantitative estimate of drug-likeness (QED) is 0.850. The zero-order valence-corrected chi connectivity index (χ0v) is 9.30. The molecule has 0 aliphatic rings. The van der Waals surface area contributed by atoms with Gasteiger partial charge in [0.05, 0.1) is 0 Å². The van der Waals surface area contributed by atoms with Crippen LogP contribution in [0.4, 0.5) is 11.6 Å². The van der Waals surface area contributed by atoms with E-state index >= 15 is 0 Å². The van der Waals surface area contributed by atoms with E-state index in [1.807, 2.05) is 37.4 Å². The normalized spacial score (nSPS) is 10.1. The molecule has 2 aromatic rings. The lowest BCUT2D eigenvalue weighted by Crippen LogP contribution is -2.17. The van der Waals surface area contributed by atoms with Crippen molar-refractivity contribution < 1.29 is 0 Å². The van der Waals surface area contributed by atoms with Crippen LogP contribution < -0.4 is 10.6 Å². The van der Waals surface area contributed by atoms with Gasteiger partial charge in [0.15, 0.2) is 0 Å². The van der Waals surface area contributed by atoms with Gasteiger partial charge in [-0.05, 0) is 17.7 Å². The highest BCUT2D eigenvalue weighted by atomic mass is 15.2. The summed E-state index contributed by atoms with van der Waals surface area (Å²) in [6.07, 6.45) is 0. The molecule has 0 aliphatic carbocycles. The summed E-state index contributed by atoms with van der Waals surface area (Å²) in [6, 6.07) is 16.0. The molecule has 0 unspecified atom stereocenters. The SMILES string of the molecule is CN(Cc1ccccc1)c1cccc(N)n1. The third-order valence-corrected chi connectivity index (χ3v) is 2.41. The highest BCUT2D eigenvalue weighted by Crippen LogP contribution is 2.13. The number of aromatic nitrogens is 1. The molecule has 0 saturated carbocycles. The molecule has 0 radical (unpaired) electrons. The van der Waals surface area contributed by atoms with E-state index < -0.39 is 0 Å². The van der Waals surface area contributed by atoms with Crippen molar-refractivity contribution in [2.24, 2.45) is 0 Å². The summed E-state index contributed by atoms with van der Waals surface area (Å²) in [5.41, 5.74) is 6.91. The van der Waals surface area contributed by atoms with Crippen LogP contribution in [0, 0.1) is 0 Å². The van der Waals surface area contributed by atoms with Gasteiger partial charge >= 0.3 is 0 Å². The molecule has 0 fully saturated rings. The summed E-state index contributed by atoms with van der Waals surface area (Å²) >= 11 is 0. The molecule has 1 aromatic heterocycles. The minimum atomic E-state index is 0.553. The van der Waals surface area contributed by atoms with Gasteiger partial charge in [0.2, 0.25) is 0 Å². The predicted octanol–water partition coefficient (Wildman–Crippen LogP) is 2.30.